The molecule has 0 amide bonds. The Kier molecular flexibility index (Phi) is 6.98. The molecule has 1 aromatic rings. The average molecular weight is 445 g/mol. The summed E-state index contributed by atoms with van der Waals surface area (Å²) in [6.45, 7) is 0.989. The molecule has 1 aliphatic heterocycles. The minimum Gasteiger partial charge on any atom is -0.475 e. The third kappa shape index (κ3) is 5.06. The summed E-state index contributed by atoms with van der Waals surface area (Å²) in [5.74, 6) is -1.24. The van der Waals surface area contributed by atoms with E-state index in [1.165, 1.54) is 50.3 Å². The lowest BCUT2D eigenvalue weighted by Gasteiger charge is -2.56. The van der Waals surface area contributed by atoms with Crippen LogP contribution in [0, 0.1) is 5.92 Å². The van der Waals surface area contributed by atoms with Crippen LogP contribution in [0.3, 0.4) is 0 Å². The molecule has 0 spiro atoms. The zero-order valence-electron chi connectivity index (χ0n) is 17.2. The second kappa shape index (κ2) is 9.33. The van der Waals surface area contributed by atoms with Crippen molar-refractivity contribution in [1.82, 2.24) is 5.32 Å². The van der Waals surface area contributed by atoms with Crippen LogP contribution in [0.5, 0.6) is 5.75 Å². The number of benzene rings is 1. The fraction of sp³-hybridized carbons (Fsp3) is 0.619. The van der Waals surface area contributed by atoms with Gasteiger partial charge >= 0.3 is 18.3 Å². The van der Waals surface area contributed by atoms with Crippen molar-refractivity contribution in [3.05, 3.63) is 29.3 Å². The maximum absolute atomic E-state index is 11.0. The number of rotatable bonds is 3. The summed E-state index contributed by atoms with van der Waals surface area (Å²) in [4.78, 5) is 19.9. The Morgan fingerprint density at radius 1 is 1.26 bits per heavy atom. The fourth-order valence-electron chi connectivity index (χ4n) is 5.20. The molecule has 0 radical (unpaired) electrons. The van der Waals surface area contributed by atoms with E-state index >= 15 is 0 Å². The zero-order valence-corrected chi connectivity index (χ0v) is 17.2. The molecule has 1 saturated carbocycles. The standard InChI is InChI=1S/C19H25NO4.C2HF3O2/c1-22-18(21)24-12-23-14-6-5-13-10-17-15-4-2-3-7-19(15,8-9-20-17)16(13)11-14;3-2(4,5)1(6)7/h5-6,11,15,17,20H,2-4,7-10,12H2,1H3;(H,6,7)/t15-,17+,19-;/m1./s1. The van der Waals surface area contributed by atoms with Crippen LogP contribution in [0.15, 0.2) is 18.2 Å². The van der Waals surface area contributed by atoms with Gasteiger partial charge in [-0.15, -0.1) is 0 Å². The number of halogens is 3. The number of ether oxygens (including phenoxy) is 3. The van der Waals surface area contributed by atoms with Crippen molar-refractivity contribution in [2.45, 2.75) is 56.2 Å². The Morgan fingerprint density at radius 2 is 2.00 bits per heavy atom. The lowest BCUT2D eigenvalue weighted by atomic mass is 9.53. The van der Waals surface area contributed by atoms with Crippen molar-refractivity contribution in [3.63, 3.8) is 0 Å². The third-order valence-corrected chi connectivity index (χ3v) is 6.43. The highest BCUT2D eigenvalue weighted by atomic mass is 19.4. The van der Waals surface area contributed by atoms with Crippen LogP contribution in [0.2, 0.25) is 0 Å². The van der Waals surface area contributed by atoms with Crippen molar-refractivity contribution in [3.8, 4) is 5.75 Å². The average Bonchev–Trinajstić information content (AvgIpc) is 2.73. The van der Waals surface area contributed by atoms with Crippen LogP contribution >= 0.6 is 0 Å². The van der Waals surface area contributed by atoms with Gasteiger partial charge in [-0.2, -0.15) is 13.2 Å². The van der Waals surface area contributed by atoms with Gasteiger partial charge in [0, 0.05) is 11.5 Å². The first-order valence-corrected chi connectivity index (χ1v) is 10.2. The van der Waals surface area contributed by atoms with E-state index in [9.17, 15) is 18.0 Å². The highest BCUT2D eigenvalue weighted by Crippen LogP contribution is 2.54. The van der Waals surface area contributed by atoms with E-state index in [1.54, 1.807) is 0 Å². The molecule has 3 atom stereocenters. The van der Waals surface area contributed by atoms with Crippen molar-refractivity contribution >= 4 is 12.1 Å². The number of methoxy groups -OCH3 is 1. The zero-order chi connectivity index (χ0) is 22.6. The van der Waals surface area contributed by atoms with Crippen LogP contribution in [0.4, 0.5) is 18.0 Å². The van der Waals surface area contributed by atoms with Crippen LogP contribution in [0.1, 0.15) is 43.2 Å². The molecule has 172 valence electrons. The number of hydrogen-bond donors (Lipinski definition) is 2. The molecule has 2 N–H and O–H groups in total. The maximum atomic E-state index is 11.0. The third-order valence-electron chi connectivity index (χ3n) is 6.43. The number of carbonyl (C=O) groups is 2. The van der Waals surface area contributed by atoms with Gasteiger partial charge in [0.15, 0.2) is 0 Å². The number of carbonyl (C=O) groups excluding carboxylic acids is 1. The van der Waals surface area contributed by atoms with E-state index in [0.717, 1.165) is 24.6 Å². The predicted molar refractivity (Wildman–Crippen MR) is 103 cm³/mol. The Labute approximate surface area is 177 Å². The first kappa shape index (κ1) is 23.2. The first-order valence-electron chi connectivity index (χ1n) is 10.2. The summed E-state index contributed by atoms with van der Waals surface area (Å²) in [5, 5.41) is 10.9. The van der Waals surface area contributed by atoms with E-state index in [-0.39, 0.29) is 6.79 Å². The summed E-state index contributed by atoms with van der Waals surface area (Å²) in [7, 11) is 1.29. The highest BCUT2D eigenvalue weighted by Gasteiger charge is 2.51. The number of carboxylic acid groups (broad SMARTS) is 1. The van der Waals surface area contributed by atoms with E-state index < -0.39 is 18.3 Å². The molecule has 2 fully saturated rings. The summed E-state index contributed by atoms with van der Waals surface area (Å²) >= 11 is 0. The number of piperidine rings is 1. The molecule has 1 aromatic carbocycles. The Hall–Kier alpha value is -2.49. The molecule has 4 rings (SSSR count). The lowest BCUT2D eigenvalue weighted by Crippen LogP contribution is -2.59. The largest absolute Gasteiger partial charge is 0.510 e. The van der Waals surface area contributed by atoms with Gasteiger partial charge in [0.1, 0.15) is 5.75 Å². The van der Waals surface area contributed by atoms with Crippen molar-refractivity contribution in [2.24, 2.45) is 5.92 Å². The maximum Gasteiger partial charge on any atom is 0.510 e. The van der Waals surface area contributed by atoms with Gasteiger partial charge in [-0.1, -0.05) is 18.9 Å². The number of carboxylic acids is 1. The van der Waals surface area contributed by atoms with Gasteiger partial charge in [-0.05, 0) is 61.4 Å². The lowest BCUT2D eigenvalue weighted by molar-refractivity contribution is -0.192. The summed E-state index contributed by atoms with van der Waals surface area (Å²) < 4.78 is 46.6. The fourth-order valence-corrected chi connectivity index (χ4v) is 5.20. The van der Waals surface area contributed by atoms with Gasteiger partial charge in [0.25, 0.3) is 0 Å². The Bertz CT molecular complexity index is 811. The van der Waals surface area contributed by atoms with E-state index in [1.807, 2.05) is 6.07 Å². The van der Waals surface area contributed by atoms with Crippen molar-refractivity contribution < 1.29 is 42.1 Å². The molecule has 0 unspecified atom stereocenters. The van der Waals surface area contributed by atoms with Gasteiger partial charge in [-0.25, -0.2) is 9.59 Å². The summed E-state index contributed by atoms with van der Waals surface area (Å²) in [6, 6.07) is 6.99. The SMILES string of the molecule is COC(=O)OCOc1ccc2c(c1)[C@@]13CCCC[C@@H]1[C@H](C2)NCC3.O=C(O)C(F)(F)F. The number of alkyl halides is 3. The number of nitrogens with one attached hydrogen (secondary N) is 1. The molecular formula is C21H26F3NO6. The Morgan fingerprint density at radius 3 is 2.68 bits per heavy atom. The number of hydrogen-bond acceptors (Lipinski definition) is 6. The number of aliphatic carboxylic acids is 1. The highest BCUT2D eigenvalue weighted by molar-refractivity contribution is 5.73. The number of fused-ring (bicyclic) bond motifs is 1. The van der Waals surface area contributed by atoms with Gasteiger partial charge in [-0.3, -0.25) is 0 Å². The molecule has 0 aromatic heterocycles. The second-order valence-electron chi connectivity index (χ2n) is 8.01. The Balaban J connectivity index is 0.000000339. The van der Waals surface area contributed by atoms with E-state index in [0.29, 0.717) is 11.5 Å². The molecule has 1 heterocycles. The van der Waals surface area contributed by atoms with Gasteiger partial charge in [0.05, 0.1) is 7.11 Å². The van der Waals surface area contributed by atoms with Crippen molar-refractivity contribution in [1.29, 1.82) is 0 Å². The minimum atomic E-state index is -5.08. The molecule has 2 bridgehead atoms. The molecule has 10 heteroatoms. The van der Waals surface area contributed by atoms with Crippen LogP contribution in [0.25, 0.3) is 0 Å². The summed E-state index contributed by atoms with van der Waals surface area (Å²) in [6.07, 6.45) is 1.80. The normalized spacial score (nSPS) is 26.3. The van der Waals surface area contributed by atoms with E-state index in [4.69, 9.17) is 19.4 Å². The molecular weight excluding hydrogens is 419 g/mol. The van der Waals surface area contributed by atoms with Crippen molar-refractivity contribution in [2.75, 3.05) is 20.4 Å². The first-order chi connectivity index (χ1) is 14.7. The smallest absolute Gasteiger partial charge is 0.475 e. The van der Waals surface area contributed by atoms with Crippen LogP contribution < -0.4 is 10.1 Å². The quantitative estimate of drug-likeness (QED) is 0.540. The van der Waals surface area contributed by atoms with Crippen LogP contribution in [-0.2, 0) is 26.1 Å². The predicted octanol–water partition coefficient (Wildman–Crippen LogP) is 3.79. The second-order valence-corrected chi connectivity index (χ2v) is 8.01. The van der Waals surface area contributed by atoms with Gasteiger partial charge in [0.2, 0.25) is 6.79 Å². The minimum absolute atomic E-state index is 0.119. The molecule has 7 nitrogen and oxygen atoms in total. The molecule has 1 saturated heterocycles. The molecule has 2 aliphatic carbocycles. The topological polar surface area (TPSA) is 94.1 Å². The molecule has 31 heavy (non-hydrogen) atoms. The van der Waals surface area contributed by atoms with Gasteiger partial charge < -0.3 is 24.6 Å². The monoisotopic (exact) mass is 445 g/mol. The van der Waals surface area contributed by atoms with E-state index in [2.05, 4.69) is 22.2 Å². The van der Waals surface area contributed by atoms with Crippen LogP contribution in [-0.4, -0.2) is 49.9 Å². The summed E-state index contributed by atoms with van der Waals surface area (Å²) in [5.41, 5.74) is 3.23. The molecule has 3 aliphatic rings.